The van der Waals surface area contributed by atoms with Gasteiger partial charge in [0.15, 0.2) is 33.3 Å². The Labute approximate surface area is 373 Å². The number of ether oxygens (including phenoxy) is 1. The molecule has 12 nitrogen and oxygen atoms in total. The van der Waals surface area contributed by atoms with Crippen molar-refractivity contribution < 1.29 is 36.8 Å². The third-order valence-electron chi connectivity index (χ3n) is 13.5. The van der Waals surface area contributed by atoms with Gasteiger partial charge in [0, 0.05) is 24.2 Å². The van der Waals surface area contributed by atoms with Gasteiger partial charge < -0.3 is 33.1 Å². The van der Waals surface area contributed by atoms with Crippen molar-refractivity contribution in [3.8, 4) is 0 Å². The molecule has 0 aliphatic rings. The average molecular weight is 920 g/mol. The maximum atomic E-state index is 13.8. The summed E-state index contributed by atoms with van der Waals surface area (Å²) in [6, 6.07) is 6.93. The van der Waals surface area contributed by atoms with E-state index in [9.17, 15) is 14.4 Å². The first-order valence-electron chi connectivity index (χ1n) is 21.6. The van der Waals surface area contributed by atoms with Crippen molar-refractivity contribution in [3.63, 3.8) is 0 Å². The highest BCUT2D eigenvalue weighted by Crippen LogP contribution is 2.40. The van der Waals surface area contributed by atoms with Crippen LogP contribution in [0.2, 0.25) is 72.5 Å². The number of nitrogens with zero attached hydrogens (tertiary/aromatic N) is 2. The molecule has 2 amide bonds. The molecule has 0 aromatic carbocycles. The van der Waals surface area contributed by atoms with E-state index in [2.05, 4.69) is 146 Å². The summed E-state index contributed by atoms with van der Waals surface area (Å²) in [6.45, 7) is 44.4. The molecule has 61 heavy (non-hydrogen) atoms. The lowest BCUT2D eigenvalue weighted by Crippen LogP contribution is -2.41. The highest BCUT2D eigenvalue weighted by atomic mass is 28.4. The van der Waals surface area contributed by atoms with Crippen LogP contribution < -0.4 is 10.6 Å². The van der Waals surface area contributed by atoms with Crippen LogP contribution in [0.1, 0.15) is 127 Å². The minimum Gasteiger partial charge on any atom is -0.469 e. The van der Waals surface area contributed by atoms with E-state index in [-0.39, 0.29) is 59.7 Å². The zero-order chi connectivity index (χ0) is 47.2. The number of amides is 2. The second kappa shape index (κ2) is 20.5. The Hall–Kier alpha value is -2.58. The number of hydrogen-bond donors (Lipinski definition) is 2. The number of carbonyl (C=O) groups is 3. The van der Waals surface area contributed by atoms with E-state index in [4.69, 9.17) is 32.4 Å². The molecule has 0 radical (unpaired) electrons. The number of hydrogen-bond acceptors (Lipinski definition) is 10. The number of aromatic nitrogens is 2. The Morgan fingerprint density at radius 3 is 0.918 bits per heavy atom. The molecule has 0 unspecified atom stereocenters. The lowest BCUT2D eigenvalue weighted by atomic mass is 10.1. The third-order valence-corrected chi connectivity index (χ3v) is 31.4. The van der Waals surface area contributed by atoms with Crippen LogP contribution >= 0.6 is 0 Å². The molecular formula is C45H82N4O8Si4. The predicted molar refractivity (Wildman–Crippen MR) is 257 cm³/mol. The SMILES string of the molecule is COC(=O)C(CNC(=O)c1cc(CO[Si](C)(C)C(C)(C)C)nc(CO[Si](C)(C)C(C)(C)C)c1)CNC(=O)c1cc(CO[Si](C)(C)C(C)(C)C)nc(CO[Si](C)(C)C(C)(C)C)c1. The molecular weight excluding hydrogens is 837 g/mol. The fourth-order valence-corrected chi connectivity index (χ4v) is 8.55. The number of rotatable bonds is 19. The first-order chi connectivity index (χ1) is 27.4. The summed E-state index contributed by atoms with van der Waals surface area (Å²) in [5.74, 6) is -2.22. The van der Waals surface area contributed by atoms with Gasteiger partial charge in [0.1, 0.15) is 0 Å². The molecule has 2 aromatic heterocycles. The monoisotopic (exact) mass is 919 g/mol. The van der Waals surface area contributed by atoms with Crippen molar-refractivity contribution in [3.05, 3.63) is 58.2 Å². The third kappa shape index (κ3) is 15.9. The van der Waals surface area contributed by atoms with Crippen molar-refractivity contribution in [2.75, 3.05) is 20.2 Å². The fourth-order valence-electron chi connectivity index (χ4n) is 4.78. The molecule has 0 bridgehead atoms. The van der Waals surface area contributed by atoms with Gasteiger partial charge in [-0.15, -0.1) is 0 Å². The van der Waals surface area contributed by atoms with Crippen molar-refractivity contribution in [2.45, 2.75) is 182 Å². The fraction of sp³-hybridized carbons (Fsp3) is 0.711. The second-order valence-electron chi connectivity index (χ2n) is 22.5. The van der Waals surface area contributed by atoms with Crippen LogP contribution in [0.15, 0.2) is 24.3 Å². The summed E-state index contributed by atoms with van der Waals surface area (Å²) in [7, 11) is -7.20. The normalized spacial score (nSPS) is 13.7. The number of pyridine rings is 2. The quantitative estimate of drug-likeness (QED) is 0.103. The Kier molecular flexibility index (Phi) is 18.3. The van der Waals surface area contributed by atoms with E-state index < -0.39 is 57.0 Å². The van der Waals surface area contributed by atoms with Crippen molar-refractivity contribution in [2.24, 2.45) is 5.92 Å². The van der Waals surface area contributed by atoms with Gasteiger partial charge in [0.25, 0.3) is 11.8 Å². The van der Waals surface area contributed by atoms with Gasteiger partial charge in [-0.3, -0.25) is 24.4 Å². The lowest BCUT2D eigenvalue weighted by molar-refractivity contribution is -0.144. The van der Waals surface area contributed by atoms with E-state index in [1.807, 2.05) is 0 Å². The Morgan fingerprint density at radius 2 is 0.721 bits per heavy atom. The molecule has 2 heterocycles. The molecule has 0 atom stereocenters. The Morgan fingerprint density at radius 1 is 0.492 bits per heavy atom. The van der Waals surface area contributed by atoms with Crippen molar-refractivity contribution in [1.29, 1.82) is 0 Å². The molecule has 0 aliphatic heterocycles. The van der Waals surface area contributed by atoms with E-state index in [1.54, 1.807) is 24.3 Å². The summed E-state index contributed by atoms with van der Waals surface area (Å²) in [5.41, 5.74) is 3.27. The Balaban J connectivity index is 2.37. The average Bonchev–Trinajstić information content (AvgIpc) is 3.12. The molecule has 0 fully saturated rings. The number of nitrogens with one attached hydrogen (secondary N) is 2. The highest BCUT2D eigenvalue weighted by Gasteiger charge is 2.40. The smallest absolute Gasteiger partial charge is 0.312 e. The van der Waals surface area contributed by atoms with Crippen LogP contribution in [0.3, 0.4) is 0 Å². The van der Waals surface area contributed by atoms with E-state index in [0.717, 1.165) is 0 Å². The van der Waals surface area contributed by atoms with E-state index in [0.29, 0.717) is 33.9 Å². The van der Waals surface area contributed by atoms with Crippen LogP contribution in [-0.4, -0.2) is 81.2 Å². The van der Waals surface area contributed by atoms with Gasteiger partial charge in [-0.1, -0.05) is 83.1 Å². The first kappa shape index (κ1) is 54.6. The van der Waals surface area contributed by atoms with Crippen LogP contribution in [-0.2, 0) is 53.7 Å². The van der Waals surface area contributed by atoms with Gasteiger partial charge >= 0.3 is 5.97 Å². The van der Waals surface area contributed by atoms with Gasteiger partial charge in [-0.05, 0) is 96.8 Å². The Bertz CT molecular complexity index is 1600. The molecule has 0 aliphatic carbocycles. The van der Waals surface area contributed by atoms with Crippen LogP contribution in [0.25, 0.3) is 0 Å². The topological polar surface area (TPSA) is 147 Å². The van der Waals surface area contributed by atoms with Crippen LogP contribution in [0.5, 0.6) is 0 Å². The van der Waals surface area contributed by atoms with Gasteiger partial charge in [-0.2, -0.15) is 0 Å². The summed E-state index contributed by atoms with van der Waals surface area (Å²) in [6.07, 6.45) is 0. The molecule has 0 spiro atoms. The van der Waals surface area contributed by atoms with Crippen molar-refractivity contribution in [1.82, 2.24) is 20.6 Å². The van der Waals surface area contributed by atoms with Gasteiger partial charge in [0.05, 0.1) is 62.2 Å². The molecule has 16 heteroatoms. The van der Waals surface area contributed by atoms with Gasteiger partial charge in [-0.25, -0.2) is 0 Å². The van der Waals surface area contributed by atoms with E-state index in [1.165, 1.54) is 7.11 Å². The summed E-state index contributed by atoms with van der Waals surface area (Å²) in [4.78, 5) is 50.5. The molecule has 0 saturated carbocycles. The number of carbonyl (C=O) groups excluding carboxylic acids is 3. The molecule has 0 saturated heterocycles. The molecule has 2 N–H and O–H groups in total. The zero-order valence-corrected chi connectivity index (χ0v) is 45.8. The summed E-state index contributed by atoms with van der Waals surface area (Å²) < 4.78 is 31.1. The highest BCUT2D eigenvalue weighted by molar-refractivity contribution is 6.75. The lowest BCUT2D eigenvalue weighted by Gasteiger charge is -2.36. The minimum absolute atomic E-state index is 0.00521. The zero-order valence-electron chi connectivity index (χ0n) is 41.8. The van der Waals surface area contributed by atoms with Crippen molar-refractivity contribution >= 4 is 51.1 Å². The van der Waals surface area contributed by atoms with Crippen LogP contribution in [0.4, 0.5) is 0 Å². The standard InChI is InChI=1S/C45H82N4O8Si4/c1-42(2,3)58(14,15)54-28-35-22-32(23-36(48-35)29-55-59(16,17)43(4,5)6)39(50)46-26-34(41(52)53-13)27-47-40(51)33-24-37(30-56-60(18,19)44(7,8)9)49-38(25-33)31-57-61(20,21)45(10,11)12/h22-25,34H,26-31H2,1-21H3,(H,46,50)(H,47,51). The number of methoxy groups -OCH3 is 1. The molecule has 2 aromatic rings. The predicted octanol–water partition coefficient (Wildman–Crippen LogP) is 10.5. The van der Waals surface area contributed by atoms with Crippen LogP contribution in [0, 0.1) is 5.92 Å². The largest absolute Gasteiger partial charge is 0.469 e. The maximum Gasteiger partial charge on any atom is 0.312 e. The summed E-state index contributed by atoms with van der Waals surface area (Å²) >= 11 is 0. The minimum atomic E-state index is -2.12. The summed E-state index contributed by atoms with van der Waals surface area (Å²) in [5, 5.41) is 5.80. The maximum absolute atomic E-state index is 13.8. The van der Waals surface area contributed by atoms with E-state index >= 15 is 0 Å². The van der Waals surface area contributed by atoms with Gasteiger partial charge in [0.2, 0.25) is 0 Å². The number of esters is 1. The second-order valence-corrected chi connectivity index (χ2v) is 41.8. The first-order valence-corrected chi connectivity index (χ1v) is 33.3. The molecule has 346 valence electrons. The molecule has 2 rings (SSSR count).